The summed E-state index contributed by atoms with van der Waals surface area (Å²) < 4.78 is 0. The normalized spacial score (nSPS) is 15.8. The van der Waals surface area contributed by atoms with Gasteiger partial charge in [-0.1, -0.05) is 26.0 Å². The Hall–Kier alpha value is -1.06. The average molecular weight is 297 g/mol. The molecule has 1 saturated heterocycles. The van der Waals surface area contributed by atoms with Gasteiger partial charge in [0.2, 0.25) is 0 Å². The fourth-order valence-corrected chi connectivity index (χ4v) is 2.59. The van der Waals surface area contributed by atoms with Crippen LogP contribution >= 0.6 is 12.4 Å². The summed E-state index contributed by atoms with van der Waals surface area (Å²) in [6, 6.07) is 8.40. The molecule has 1 aliphatic heterocycles. The van der Waals surface area contributed by atoms with Crippen LogP contribution in [0.1, 0.15) is 48.5 Å². The molecule has 1 heterocycles. The summed E-state index contributed by atoms with van der Waals surface area (Å²) in [6.45, 7) is 6.32. The van der Waals surface area contributed by atoms with Gasteiger partial charge in [-0.2, -0.15) is 0 Å². The molecule has 1 aromatic rings. The molecular formula is C16H25ClN2O. The zero-order chi connectivity index (χ0) is 13.8. The van der Waals surface area contributed by atoms with Gasteiger partial charge in [-0.3, -0.25) is 4.79 Å². The third-order valence-electron chi connectivity index (χ3n) is 3.98. The van der Waals surface area contributed by atoms with Crippen LogP contribution in [0.4, 0.5) is 0 Å². The van der Waals surface area contributed by atoms with E-state index in [1.54, 1.807) is 0 Å². The van der Waals surface area contributed by atoms with Crippen molar-refractivity contribution in [1.29, 1.82) is 0 Å². The van der Waals surface area contributed by atoms with Crippen LogP contribution in [0.5, 0.6) is 0 Å². The Bertz CT molecular complexity index is 442. The molecule has 3 nitrogen and oxygen atoms in total. The minimum atomic E-state index is 0. The highest BCUT2D eigenvalue weighted by Gasteiger charge is 2.22. The summed E-state index contributed by atoms with van der Waals surface area (Å²) in [5, 5.41) is 3.33. The minimum absolute atomic E-state index is 0. The fraction of sp³-hybridized carbons (Fsp3) is 0.562. The number of hydrogen-bond acceptors (Lipinski definition) is 2. The van der Waals surface area contributed by atoms with Crippen LogP contribution in [0.15, 0.2) is 24.3 Å². The first kappa shape index (κ1) is 17.0. The predicted molar refractivity (Wildman–Crippen MR) is 85.8 cm³/mol. The highest BCUT2D eigenvalue weighted by molar-refractivity contribution is 5.94. The lowest BCUT2D eigenvalue weighted by Gasteiger charge is -2.31. The molecule has 1 aliphatic rings. The lowest BCUT2D eigenvalue weighted by molar-refractivity contribution is 0.0703. The monoisotopic (exact) mass is 296 g/mol. The lowest BCUT2D eigenvalue weighted by atomic mass is 9.99. The van der Waals surface area contributed by atoms with Gasteiger partial charge in [-0.05, 0) is 49.5 Å². The second kappa shape index (κ2) is 7.65. The van der Waals surface area contributed by atoms with E-state index in [-0.39, 0.29) is 18.3 Å². The Morgan fingerprint density at radius 3 is 2.55 bits per heavy atom. The second-order valence-electron chi connectivity index (χ2n) is 5.68. The second-order valence-corrected chi connectivity index (χ2v) is 5.68. The quantitative estimate of drug-likeness (QED) is 0.930. The summed E-state index contributed by atoms with van der Waals surface area (Å²) in [5.74, 6) is 0.603. The first-order chi connectivity index (χ1) is 9.09. The Kier molecular flexibility index (Phi) is 6.50. The van der Waals surface area contributed by atoms with Gasteiger partial charge in [0, 0.05) is 18.7 Å². The predicted octanol–water partition coefficient (Wildman–Crippen LogP) is 3.06. The molecule has 4 heteroatoms. The number of carbonyl (C=O) groups is 1. The Labute approximate surface area is 128 Å². The van der Waals surface area contributed by atoms with Crippen LogP contribution in [0.3, 0.4) is 0 Å². The van der Waals surface area contributed by atoms with Crippen LogP contribution in [-0.2, 0) is 0 Å². The van der Waals surface area contributed by atoms with Crippen molar-refractivity contribution in [2.24, 2.45) is 0 Å². The maximum absolute atomic E-state index is 12.5. The molecule has 112 valence electrons. The van der Waals surface area contributed by atoms with E-state index in [4.69, 9.17) is 0 Å². The van der Waals surface area contributed by atoms with Crippen LogP contribution in [0, 0.1) is 0 Å². The van der Waals surface area contributed by atoms with E-state index >= 15 is 0 Å². The molecule has 0 aromatic heterocycles. The Morgan fingerprint density at radius 2 is 1.95 bits per heavy atom. The first-order valence-corrected chi connectivity index (χ1v) is 7.17. The van der Waals surface area contributed by atoms with Gasteiger partial charge in [-0.15, -0.1) is 12.4 Å². The van der Waals surface area contributed by atoms with E-state index in [9.17, 15) is 4.79 Å². The van der Waals surface area contributed by atoms with Gasteiger partial charge < -0.3 is 10.2 Å². The van der Waals surface area contributed by atoms with Crippen LogP contribution in [0.25, 0.3) is 0 Å². The molecular weight excluding hydrogens is 272 g/mol. The van der Waals surface area contributed by atoms with E-state index in [0.29, 0.717) is 12.0 Å². The smallest absolute Gasteiger partial charge is 0.253 e. The zero-order valence-electron chi connectivity index (χ0n) is 12.6. The summed E-state index contributed by atoms with van der Waals surface area (Å²) >= 11 is 0. The third kappa shape index (κ3) is 3.97. The van der Waals surface area contributed by atoms with Gasteiger partial charge in [0.15, 0.2) is 0 Å². The van der Waals surface area contributed by atoms with E-state index in [0.717, 1.165) is 31.5 Å². The number of hydrogen-bond donors (Lipinski definition) is 1. The van der Waals surface area contributed by atoms with Gasteiger partial charge >= 0.3 is 0 Å². The SMILES string of the molecule is CC(C)c1cccc(C(=O)N(C)C2CCNCC2)c1.Cl. The maximum Gasteiger partial charge on any atom is 0.253 e. The van der Waals surface area contributed by atoms with Crippen molar-refractivity contribution in [3.8, 4) is 0 Å². The van der Waals surface area contributed by atoms with Crippen molar-refractivity contribution in [2.75, 3.05) is 20.1 Å². The number of nitrogens with one attached hydrogen (secondary N) is 1. The molecule has 0 spiro atoms. The number of benzene rings is 1. The van der Waals surface area contributed by atoms with Crippen LogP contribution < -0.4 is 5.32 Å². The largest absolute Gasteiger partial charge is 0.339 e. The number of rotatable bonds is 3. The molecule has 0 unspecified atom stereocenters. The van der Waals surface area contributed by atoms with Crippen LogP contribution in [-0.4, -0.2) is 37.0 Å². The summed E-state index contributed by atoms with van der Waals surface area (Å²) in [5.41, 5.74) is 2.04. The molecule has 0 atom stereocenters. The standard InChI is InChI=1S/C16H24N2O.ClH/c1-12(2)13-5-4-6-14(11-13)16(19)18(3)15-7-9-17-10-8-15;/h4-6,11-12,15,17H,7-10H2,1-3H3;1H. The van der Waals surface area contributed by atoms with Crippen molar-refractivity contribution in [3.63, 3.8) is 0 Å². The van der Waals surface area contributed by atoms with E-state index < -0.39 is 0 Å². The molecule has 1 amide bonds. The number of halogens is 1. The molecule has 0 saturated carbocycles. The molecule has 2 rings (SSSR count). The fourth-order valence-electron chi connectivity index (χ4n) is 2.59. The zero-order valence-corrected chi connectivity index (χ0v) is 13.4. The molecule has 0 radical (unpaired) electrons. The van der Waals surface area contributed by atoms with Crippen molar-refractivity contribution < 1.29 is 4.79 Å². The minimum Gasteiger partial charge on any atom is -0.339 e. The summed E-state index contributed by atoms with van der Waals surface area (Å²) in [6.07, 6.45) is 2.10. The molecule has 0 aliphatic carbocycles. The molecule has 0 bridgehead atoms. The van der Waals surface area contributed by atoms with Crippen LogP contribution in [0.2, 0.25) is 0 Å². The topological polar surface area (TPSA) is 32.3 Å². The molecule has 1 aromatic carbocycles. The van der Waals surface area contributed by atoms with E-state index in [1.807, 2.05) is 30.1 Å². The van der Waals surface area contributed by atoms with Gasteiger partial charge in [0.1, 0.15) is 0 Å². The number of nitrogens with zero attached hydrogens (tertiary/aromatic N) is 1. The highest BCUT2D eigenvalue weighted by atomic mass is 35.5. The Balaban J connectivity index is 0.00000200. The van der Waals surface area contributed by atoms with Crippen molar-refractivity contribution in [1.82, 2.24) is 10.2 Å². The number of amides is 1. The van der Waals surface area contributed by atoms with Crippen molar-refractivity contribution in [3.05, 3.63) is 35.4 Å². The summed E-state index contributed by atoms with van der Waals surface area (Å²) in [7, 11) is 1.93. The van der Waals surface area contributed by atoms with Gasteiger partial charge in [0.25, 0.3) is 5.91 Å². The molecule has 20 heavy (non-hydrogen) atoms. The van der Waals surface area contributed by atoms with Gasteiger partial charge in [-0.25, -0.2) is 0 Å². The Morgan fingerprint density at radius 1 is 1.30 bits per heavy atom. The number of piperidine rings is 1. The average Bonchev–Trinajstić information content (AvgIpc) is 2.46. The maximum atomic E-state index is 12.5. The van der Waals surface area contributed by atoms with Crippen molar-refractivity contribution in [2.45, 2.75) is 38.6 Å². The summed E-state index contributed by atoms with van der Waals surface area (Å²) in [4.78, 5) is 14.4. The van der Waals surface area contributed by atoms with Crippen molar-refractivity contribution >= 4 is 18.3 Å². The third-order valence-corrected chi connectivity index (χ3v) is 3.98. The van der Waals surface area contributed by atoms with E-state index in [1.165, 1.54) is 5.56 Å². The molecule has 1 N–H and O–H groups in total. The van der Waals surface area contributed by atoms with E-state index in [2.05, 4.69) is 25.2 Å². The number of carbonyl (C=O) groups excluding carboxylic acids is 1. The molecule has 1 fully saturated rings. The lowest BCUT2D eigenvalue weighted by Crippen LogP contribution is -2.43. The first-order valence-electron chi connectivity index (χ1n) is 7.17. The van der Waals surface area contributed by atoms with Gasteiger partial charge in [0.05, 0.1) is 0 Å². The highest BCUT2D eigenvalue weighted by Crippen LogP contribution is 2.18.